The van der Waals surface area contributed by atoms with Gasteiger partial charge in [-0.1, -0.05) is 41.9 Å². The number of benzene rings is 1. The van der Waals surface area contributed by atoms with Gasteiger partial charge in [0.1, 0.15) is 0 Å². The van der Waals surface area contributed by atoms with Gasteiger partial charge >= 0.3 is 0 Å². The Bertz CT molecular complexity index is 292. The van der Waals surface area contributed by atoms with Gasteiger partial charge in [-0.05, 0) is 37.5 Å². The second-order valence-corrected chi connectivity index (χ2v) is 5.19. The number of rotatable bonds is 4. The number of hydrogen-bond donors (Lipinski definition) is 0. The minimum Gasteiger partial charge on any atom is -0.371 e. The van der Waals surface area contributed by atoms with E-state index < -0.39 is 0 Å². The van der Waals surface area contributed by atoms with Crippen molar-refractivity contribution in [2.24, 2.45) is 5.92 Å². The molecule has 0 N–H and O–H groups in total. The van der Waals surface area contributed by atoms with E-state index in [1.807, 2.05) is 0 Å². The molecule has 0 bridgehead atoms. The molecule has 84 valence electrons. The summed E-state index contributed by atoms with van der Waals surface area (Å²) in [4.78, 5) is 0. The predicted octanol–water partition coefficient (Wildman–Crippen LogP) is 4.57. The highest BCUT2D eigenvalue weighted by Gasteiger charge is 2.13. The highest BCUT2D eigenvalue weighted by atomic mass is 79.9. The zero-order valence-corrected chi connectivity index (χ0v) is 11.4. The topological polar surface area (TPSA) is 9.23 Å². The van der Waals surface area contributed by atoms with Gasteiger partial charge in [-0.3, -0.25) is 0 Å². The van der Waals surface area contributed by atoms with E-state index in [-0.39, 0.29) is 6.10 Å². The van der Waals surface area contributed by atoms with E-state index >= 15 is 0 Å². The third-order valence-corrected chi connectivity index (χ3v) is 3.23. The molecule has 1 aromatic carbocycles. The lowest BCUT2D eigenvalue weighted by molar-refractivity contribution is -0.0172. The summed E-state index contributed by atoms with van der Waals surface area (Å²) in [5, 5.41) is 0. The van der Waals surface area contributed by atoms with Gasteiger partial charge in [0.05, 0.1) is 12.2 Å². The summed E-state index contributed by atoms with van der Waals surface area (Å²) in [7, 11) is 0. The average molecular weight is 271 g/mol. The third-order valence-electron chi connectivity index (χ3n) is 2.70. The molecule has 0 aliphatic heterocycles. The maximum absolute atomic E-state index is 5.92. The molecule has 0 spiro atoms. The Hall–Kier alpha value is -0.340. The summed E-state index contributed by atoms with van der Waals surface area (Å²) in [6, 6.07) is 8.30. The molecule has 0 radical (unpaired) electrons. The molecule has 0 fully saturated rings. The first-order valence-electron chi connectivity index (χ1n) is 5.41. The Morgan fingerprint density at radius 2 is 1.53 bits per heavy atom. The molecule has 0 saturated heterocycles. The Kier molecular flexibility index (Phi) is 4.81. The summed E-state index contributed by atoms with van der Waals surface area (Å²) in [6.45, 7) is 8.58. The van der Waals surface area contributed by atoms with E-state index in [1.54, 1.807) is 0 Å². The second kappa shape index (κ2) is 5.66. The standard InChI is InChI=1S/C13H19BrO/c1-9(2)10(3)15-11(4)12-5-7-13(14)8-6-12/h5-11H,1-4H3/t10-,11-/m1/s1. The molecule has 0 saturated carbocycles. The van der Waals surface area contributed by atoms with E-state index in [0.29, 0.717) is 12.0 Å². The molecule has 1 nitrogen and oxygen atoms in total. The molecule has 1 aromatic rings. The quantitative estimate of drug-likeness (QED) is 0.779. The van der Waals surface area contributed by atoms with Crippen LogP contribution in [0, 0.1) is 5.92 Å². The number of halogens is 1. The van der Waals surface area contributed by atoms with Crippen molar-refractivity contribution >= 4 is 15.9 Å². The molecule has 1 rings (SSSR count). The summed E-state index contributed by atoms with van der Waals surface area (Å²) in [5.41, 5.74) is 1.23. The normalized spacial score (nSPS) is 15.3. The molecular formula is C13H19BrO. The van der Waals surface area contributed by atoms with Crippen LogP contribution in [0.15, 0.2) is 28.7 Å². The van der Waals surface area contributed by atoms with Crippen molar-refractivity contribution in [3.05, 3.63) is 34.3 Å². The smallest absolute Gasteiger partial charge is 0.0800 e. The van der Waals surface area contributed by atoms with Gasteiger partial charge in [-0.15, -0.1) is 0 Å². The fraction of sp³-hybridized carbons (Fsp3) is 0.538. The molecule has 0 aliphatic rings. The molecule has 0 aliphatic carbocycles. The molecule has 2 atom stereocenters. The van der Waals surface area contributed by atoms with Crippen LogP contribution in [-0.2, 0) is 4.74 Å². The summed E-state index contributed by atoms with van der Waals surface area (Å²) < 4.78 is 7.03. The molecule has 0 amide bonds. The Labute approximate surface area is 101 Å². The van der Waals surface area contributed by atoms with Crippen molar-refractivity contribution in [1.29, 1.82) is 0 Å². The van der Waals surface area contributed by atoms with Gasteiger partial charge in [-0.25, -0.2) is 0 Å². The highest BCUT2D eigenvalue weighted by Crippen LogP contribution is 2.22. The van der Waals surface area contributed by atoms with Gasteiger partial charge < -0.3 is 4.74 Å². The van der Waals surface area contributed by atoms with Crippen molar-refractivity contribution in [1.82, 2.24) is 0 Å². The van der Waals surface area contributed by atoms with Crippen molar-refractivity contribution in [2.75, 3.05) is 0 Å². The highest BCUT2D eigenvalue weighted by molar-refractivity contribution is 9.10. The van der Waals surface area contributed by atoms with Gasteiger partial charge in [-0.2, -0.15) is 0 Å². The van der Waals surface area contributed by atoms with Gasteiger partial charge in [0.2, 0.25) is 0 Å². The van der Waals surface area contributed by atoms with Crippen LogP contribution in [0.5, 0.6) is 0 Å². The second-order valence-electron chi connectivity index (χ2n) is 4.28. The molecule has 2 heteroatoms. The van der Waals surface area contributed by atoms with Gasteiger partial charge in [0, 0.05) is 4.47 Å². The minimum atomic E-state index is 0.162. The first-order chi connectivity index (χ1) is 7.00. The van der Waals surface area contributed by atoms with Crippen LogP contribution < -0.4 is 0 Å². The lowest BCUT2D eigenvalue weighted by Gasteiger charge is -2.22. The molecule has 15 heavy (non-hydrogen) atoms. The molecular weight excluding hydrogens is 252 g/mol. The van der Waals surface area contributed by atoms with Crippen LogP contribution in [-0.4, -0.2) is 6.10 Å². The average Bonchev–Trinajstić information content (AvgIpc) is 2.18. The van der Waals surface area contributed by atoms with Crippen molar-refractivity contribution in [2.45, 2.75) is 39.9 Å². The van der Waals surface area contributed by atoms with Crippen LogP contribution in [0.25, 0.3) is 0 Å². The summed E-state index contributed by atoms with van der Waals surface area (Å²) in [6.07, 6.45) is 0.458. The number of hydrogen-bond acceptors (Lipinski definition) is 1. The zero-order valence-electron chi connectivity index (χ0n) is 9.83. The predicted molar refractivity (Wildman–Crippen MR) is 67.9 cm³/mol. The van der Waals surface area contributed by atoms with E-state index in [9.17, 15) is 0 Å². The van der Waals surface area contributed by atoms with Crippen LogP contribution in [0.4, 0.5) is 0 Å². The minimum absolute atomic E-state index is 0.162. The van der Waals surface area contributed by atoms with Crippen molar-refractivity contribution < 1.29 is 4.74 Å². The van der Waals surface area contributed by atoms with E-state index in [4.69, 9.17) is 4.74 Å². The van der Waals surface area contributed by atoms with E-state index in [0.717, 1.165) is 4.47 Å². The fourth-order valence-electron chi connectivity index (χ4n) is 1.29. The Balaban J connectivity index is 2.61. The van der Waals surface area contributed by atoms with Crippen LogP contribution in [0.1, 0.15) is 39.4 Å². The van der Waals surface area contributed by atoms with Crippen molar-refractivity contribution in [3.63, 3.8) is 0 Å². The summed E-state index contributed by atoms with van der Waals surface area (Å²) in [5.74, 6) is 0.558. The maximum atomic E-state index is 5.92. The fourth-order valence-corrected chi connectivity index (χ4v) is 1.56. The third kappa shape index (κ3) is 3.96. The number of ether oxygens (including phenoxy) is 1. The van der Waals surface area contributed by atoms with Crippen LogP contribution >= 0.6 is 15.9 Å². The molecule has 0 heterocycles. The zero-order chi connectivity index (χ0) is 11.4. The van der Waals surface area contributed by atoms with Gasteiger partial charge in [0.15, 0.2) is 0 Å². The van der Waals surface area contributed by atoms with E-state index in [2.05, 4.69) is 67.9 Å². The first kappa shape index (κ1) is 12.7. The lowest BCUT2D eigenvalue weighted by Crippen LogP contribution is -2.17. The monoisotopic (exact) mass is 270 g/mol. The summed E-state index contributed by atoms with van der Waals surface area (Å²) >= 11 is 3.43. The van der Waals surface area contributed by atoms with E-state index in [1.165, 1.54) is 5.56 Å². The largest absolute Gasteiger partial charge is 0.371 e. The van der Waals surface area contributed by atoms with Crippen molar-refractivity contribution in [3.8, 4) is 0 Å². The van der Waals surface area contributed by atoms with Crippen LogP contribution in [0.2, 0.25) is 0 Å². The Morgan fingerprint density at radius 1 is 1.00 bits per heavy atom. The maximum Gasteiger partial charge on any atom is 0.0800 e. The SMILES string of the molecule is CC(C)[C@@H](C)O[C@H](C)c1ccc(Br)cc1. The Morgan fingerprint density at radius 3 is 2.00 bits per heavy atom. The van der Waals surface area contributed by atoms with Crippen LogP contribution in [0.3, 0.4) is 0 Å². The van der Waals surface area contributed by atoms with Gasteiger partial charge in [0.25, 0.3) is 0 Å². The lowest BCUT2D eigenvalue weighted by atomic mass is 10.1. The molecule has 0 aromatic heterocycles. The first-order valence-corrected chi connectivity index (χ1v) is 6.21. The molecule has 0 unspecified atom stereocenters.